The summed E-state index contributed by atoms with van der Waals surface area (Å²) in [6, 6.07) is 11.0. The molecule has 0 aliphatic carbocycles. The summed E-state index contributed by atoms with van der Waals surface area (Å²) in [5, 5.41) is 6.91. The molecule has 0 atom stereocenters. The lowest BCUT2D eigenvalue weighted by molar-refractivity contribution is 0.102. The number of benzene rings is 1. The lowest BCUT2D eigenvalue weighted by Gasteiger charge is -2.28. The van der Waals surface area contributed by atoms with E-state index in [-0.39, 0.29) is 5.91 Å². The van der Waals surface area contributed by atoms with Gasteiger partial charge in [-0.1, -0.05) is 0 Å². The fourth-order valence-electron chi connectivity index (χ4n) is 2.78. The number of carbonyl (C=O) groups is 1. The third kappa shape index (κ3) is 3.55. The van der Waals surface area contributed by atoms with Gasteiger partial charge in [0, 0.05) is 42.8 Å². The quantitative estimate of drug-likeness (QED) is 0.772. The summed E-state index contributed by atoms with van der Waals surface area (Å²) in [6.45, 7) is 3.19. The van der Waals surface area contributed by atoms with E-state index < -0.39 is 0 Å². The van der Waals surface area contributed by atoms with Gasteiger partial charge in [0.25, 0.3) is 5.91 Å². The first-order valence-electron chi connectivity index (χ1n) is 8.36. The zero-order valence-electron chi connectivity index (χ0n) is 14.1. The molecule has 0 saturated carbocycles. The minimum absolute atomic E-state index is 0.219. The summed E-state index contributed by atoms with van der Waals surface area (Å²) >= 11 is 0. The van der Waals surface area contributed by atoms with E-state index in [4.69, 9.17) is 4.74 Å². The van der Waals surface area contributed by atoms with Crippen LogP contribution in [0.3, 0.4) is 0 Å². The number of rotatable bonds is 4. The maximum atomic E-state index is 12.5. The average Bonchev–Trinajstić information content (AvgIpc) is 3.24. The highest BCUT2D eigenvalue weighted by atomic mass is 16.5. The van der Waals surface area contributed by atoms with Crippen LogP contribution < -0.4 is 10.2 Å². The van der Waals surface area contributed by atoms with Crippen molar-refractivity contribution >= 4 is 17.4 Å². The summed E-state index contributed by atoms with van der Waals surface area (Å²) in [5.74, 6) is 0.791. The molecule has 1 fully saturated rings. The van der Waals surface area contributed by atoms with E-state index in [0.717, 1.165) is 32.0 Å². The molecule has 3 aromatic rings. The highest BCUT2D eigenvalue weighted by molar-refractivity contribution is 6.04. The van der Waals surface area contributed by atoms with Gasteiger partial charge < -0.3 is 15.0 Å². The van der Waals surface area contributed by atoms with Crippen molar-refractivity contribution in [1.82, 2.24) is 19.7 Å². The molecule has 1 aliphatic rings. The van der Waals surface area contributed by atoms with Crippen LogP contribution in [0.2, 0.25) is 0 Å². The molecule has 132 valence electrons. The molecule has 1 aliphatic heterocycles. The number of morpholine rings is 1. The lowest BCUT2D eigenvalue weighted by Crippen LogP contribution is -2.36. The molecule has 8 heteroatoms. The van der Waals surface area contributed by atoms with Crippen molar-refractivity contribution in [2.75, 3.05) is 36.5 Å². The molecule has 1 N–H and O–H groups in total. The standard InChI is InChI=1S/C18H18N6O2/c25-18(14-2-4-15(5-3-14)23-8-10-26-11-9-23)22-16-12-17(20-13-19-16)24-7-1-6-21-24/h1-7,12-13H,8-11H2,(H,19,20,22,25). The van der Waals surface area contributed by atoms with Crippen molar-refractivity contribution < 1.29 is 9.53 Å². The Bertz CT molecular complexity index is 873. The van der Waals surface area contributed by atoms with Crippen LogP contribution in [0.15, 0.2) is 55.1 Å². The number of nitrogens with one attached hydrogen (secondary N) is 1. The topological polar surface area (TPSA) is 85.2 Å². The molecule has 1 aromatic carbocycles. The van der Waals surface area contributed by atoms with Gasteiger partial charge in [-0.3, -0.25) is 4.79 Å². The largest absolute Gasteiger partial charge is 0.378 e. The molecular formula is C18H18N6O2. The Morgan fingerprint density at radius 1 is 1.12 bits per heavy atom. The smallest absolute Gasteiger partial charge is 0.256 e. The molecule has 0 unspecified atom stereocenters. The SMILES string of the molecule is O=C(Nc1cc(-n2cccn2)ncn1)c1ccc(N2CCOCC2)cc1. The summed E-state index contributed by atoms with van der Waals surface area (Å²) in [6.07, 6.45) is 4.84. The van der Waals surface area contributed by atoms with Crippen LogP contribution in [0.5, 0.6) is 0 Å². The third-order valence-electron chi connectivity index (χ3n) is 4.14. The molecule has 0 radical (unpaired) electrons. The molecular weight excluding hydrogens is 332 g/mol. The first kappa shape index (κ1) is 16.2. The Morgan fingerprint density at radius 2 is 1.92 bits per heavy atom. The van der Waals surface area contributed by atoms with Crippen LogP contribution in [0.4, 0.5) is 11.5 Å². The van der Waals surface area contributed by atoms with Crippen molar-refractivity contribution in [2.45, 2.75) is 0 Å². The van der Waals surface area contributed by atoms with Crippen molar-refractivity contribution in [3.8, 4) is 5.82 Å². The van der Waals surface area contributed by atoms with Gasteiger partial charge in [0.15, 0.2) is 5.82 Å². The van der Waals surface area contributed by atoms with E-state index in [1.165, 1.54) is 6.33 Å². The van der Waals surface area contributed by atoms with Crippen molar-refractivity contribution in [3.63, 3.8) is 0 Å². The Morgan fingerprint density at radius 3 is 2.65 bits per heavy atom. The number of nitrogens with zero attached hydrogens (tertiary/aromatic N) is 5. The van der Waals surface area contributed by atoms with Crippen LogP contribution in [0.1, 0.15) is 10.4 Å². The van der Waals surface area contributed by atoms with E-state index in [0.29, 0.717) is 17.2 Å². The summed E-state index contributed by atoms with van der Waals surface area (Å²) in [5.41, 5.74) is 1.66. The Labute approximate surface area is 150 Å². The van der Waals surface area contributed by atoms with Gasteiger partial charge in [-0.25, -0.2) is 14.6 Å². The monoisotopic (exact) mass is 350 g/mol. The van der Waals surface area contributed by atoms with Gasteiger partial charge >= 0.3 is 0 Å². The van der Waals surface area contributed by atoms with Gasteiger partial charge in [-0.05, 0) is 30.3 Å². The fraction of sp³-hybridized carbons (Fsp3) is 0.222. The molecule has 1 saturated heterocycles. The first-order chi connectivity index (χ1) is 12.8. The van der Waals surface area contributed by atoms with E-state index in [2.05, 4.69) is 25.3 Å². The van der Waals surface area contributed by atoms with Gasteiger partial charge in [-0.15, -0.1) is 0 Å². The minimum Gasteiger partial charge on any atom is -0.378 e. The second-order valence-corrected chi connectivity index (χ2v) is 5.81. The predicted molar refractivity (Wildman–Crippen MR) is 96.6 cm³/mol. The number of hydrogen-bond acceptors (Lipinski definition) is 6. The number of ether oxygens (including phenoxy) is 1. The van der Waals surface area contributed by atoms with Gasteiger partial charge in [-0.2, -0.15) is 5.10 Å². The zero-order chi connectivity index (χ0) is 17.8. The predicted octanol–water partition coefficient (Wildman–Crippen LogP) is 1.75. The fourth-order valence-corrected chi connectivity index (χ4v) is 2.78. The normalized spacial score (nSPS) is 14.2. The molecule has 26 heavy (non-hydrogen) atoms. The second-order valence-electron chi connectivity index (χ2n) is 5.81. The van der Waals surface area contributed by atoms with Crippen molar-refractivity contribution in [2.24, 2.45) is 0 Å². The summed E-state index contributed by atoms with van der Waals surface area (Å²) < 4.78 is 6.97. The van der Waals surface area contributed by atoms with Crippen LogP contribution in [-0.2, 0) is 4.74 Å². The van der Waals surface area contributed by atoms with E-state index in [1.54, 1.807) is 29.2 Å². The molecule has 4 rings (SSSR count). The average molecular weight is 350 g/mol. The summed E-state index contributed by atoms with van der Waals surface area (Å²) in [7, 11) is 0. The maximum absolute atomic E-state index is 12.5. The molecule has 1 amide bonds. The van der Waals surface area contributed by atoms with Crippen LogP contribution in [0.25, 0.3) is 5.82 Å². The number of hydrogen-bond donors (Lipinski definition) is 1. The molecule has 0 spiro atoms. The van der Waals surface area contributed by atoms with Crippen molar-refractivity contribution in [1.29, 1.82) is 0 Å². The van der Waals surface area contributed by atoms with Gasteiger partial charge in [0.2, 0.25) is 0 Å². The summed E-state index contributed by atoms with van der Waals surface area (Å²) in [4.78, 5) is 23.0. The Balaban J connectivity index is 1.45. The molecule has 2 aromatic heterocycles. The molecule has 3 heterocycles. The maximum Gasteiger partial charge on any atom is 0.256 e. The van der Waals surface area contributed by atoms with E-state index in [9.17, 15) is 4.79 Å². The number of anilines is 2. The Hall–Kier alpha value is -3.26. The number of aromatic nitrogens is 4. The van der Waals surface area contributed by atoms with Gasteiger partial charge in [0.05, 0.1) is 13.2 Å². The highest BCUT2D eigenvalue weighted by Gasteiger charge is 2.13. The highest BCUT2D eigenvalue weighted by Crippen LogP contribution is 2.17. The number of carbonyl (C=O) groups excluding carboxylic acids is 1. The molecule has 8 nitrogen and oxygen atoms in total. The zero-order valence-corrected chi connectivity index (χ0v) is 14.1. The Kier molecular flexibility index (Phi) is 4.57. The minimum atomic E-state index is -0.219. The van der Waals surface area contributed by atoms with E-state index in [1.807, 2.05) is 24.3 Å². The first-order valence-corrected chi connectivity index (χ1v) is 8.36. The lowest BCUT2D eigenvalue weighted by atomic mass is 10.1. The van der Waals surface area contributed by atoms with Crippen LogP contribution in [-0.4, -0.2) is 52.0 Å². The van der Waals surface area contributed by atoms with Gasteiger partial charge in [0.1, 0.15) is 12.1 Å². The van der Waals surface area contributed by atoms with Crippen LogP contribution >= 0.6 is 0 Å². The van der Waals surface area contributed by atoms with Crippen molar-refractivity contribution in [3.05, 3.63) is 60.7 Å². The molecule has 0 bridgehead atoms. The van der Waals surface area contributed by atoms with Crippen LogP contribution in [0, 0.1) is 0 Å². The third-order valence-corrected chi connectivity index (χ3v) is 4.14. The van der Waals surface area contributed by atoms with E-state index >= 15 is 0 Å². The second kappa shape index (κ2) is 7.32. The number of amides is 1.